The van der Waals surface area contributed by atoms with Crippen molar-refractivity contribution in [3.05, 3.63) is 34.9 Å². The average molecular weight is 442 g/mol. The molecule has 0 saturated carbocycles. The van der Waals surface area contributed by atoms with Crippen molar-refractivity contribution >= 4 is 6.09 Å². The van der Waals surface area contributed by atoms with E-state index in [9.17, 15) is 18.0 Å². The molecular formula is C23H34F3N3O2. The summed E-state index contributed by atoms with van der Waals surface area (Å²) in [5.41, 5.74) is 3.93. The topological polar surface area (TPSA) is 36.0 Å². The molecule has 2 atom stereocenters. The lowest BCUT2D eigenvalue weighted by atomic mass is 9.98. The van der Waals surface area contributed by atoms with E-state index in [1.807, 2.05) is 0 Å². The van der Waals surface area contributed by atoms with E-state index >= 15 is 0 Å². The first-order valence-corrected chi connectivity index (χ1v) is 11.2. The molecule has 2 saturated heterocycles. The summed E-state index contributed by atoms with van der Waals surface area (Å²) in [7, 11) is 0. The Morgan fingerprint density at radius 2 is 1.74 bits per heavy atom. The fourth-order valence-electron chi connectivity index (χ4n) is 4.31. The number of nitrogens with zero attached hydrogens (tertiary/aromatic N) is 3. The van der Waals surface area contributed by atoms with Crippen LogP contribution in [-0.4, -0.2) is 71.8 Å². The van der Waals surface area contributed by atoms with Gasteiger partial charge in [0.1, 0.15) is 0 Å². The number of hydrogen-bond donors (Lipinski definition) is 0. The summed E-state index contributed by atoms with van der Waals surface area (Å²) in [5, 5.41) is 0. The van der Waals surface area contributed by atoms with E-state index in [1.54, 1.807) is 0 Å². The Morgan fingerprint density at radius 1 is 1.10 bits per heavy atom. The van der Waals surface area contributed by atoms with E-state index in [0.29, 0.717) is 32.2 Å². The molecule has 1 aromatic rings. The number of likely N-dealkylation sites (tertiary alicyclic amines) is 1. The number of halogens is 3. The van der Waals surface area contributed by atoms with Crippen LogP contribution in [0.4, 0.5) is 18.0 Å². The monoisotopic (exact) mass is 441 g/mol. The van der Waals surface area contributed by atoms with E-state index in [0.717, 1.165) is 26.6 Å². The van der Waals surface area contributed by atoms with E-state index < -0.39 is 18.4 Å². The summed E-state index contributed by atoms with van der Waals surface area (Å²) in [6, 6.07) is 7.07. The molecule has 0 N–H and O–H groups in total. The molecular weight excluding hydrogens is 407 g/mol. The molecule has 2 aliphatic heterocycles. The lowest BCUT2D eigenvalue weighted by Crippen LogP contribution is -2.49. The lowest BCUT2D eigenvalue weighted by molar-refractivity contribution is -0.200. The highest BCUT2D eigenvalue weighted by atomic mass is 19.4. The summed E-state index contributed by atoms with van der Waals surface area (Å²) in [6.07, 6.45) is -3.69. The number of piperazine rings is 1. The number of rotatable bonds is 5. The molecule has 0 spiro atoms. The molecule has 2 aliphatic rings. The third kappa shape index (κ3) is 6.35. The van der Waals surface area contributed by atoms with Crippen LogP contribution < -0.4 is 0 Å². The van der Waals surface area contributed by atoms with E-state index in [1.165, 1.54) is 40.9 Å². The van der Waals surface area contributed by atoms with Crippen LogP contribution in [0.3, 0.4) is 0 Å². The molecule has 2 heterocycles. The Bertz CT molecular complexity index is 748. The van der Waals surface area contributed by atoms with Gasteiger partial charge in [0.05, 0.1) is 0 Å². The van der Waals surface area contributed by atoms with Gasteiger partial charge in [-0.1, -0.05) is 24.6 Å². The molecule has 1 aromatic carbocycles. The van der Waals surface area contributed by atoms with Crippen molar-refractivity contribution in [3.8, 4) is 0 Å². The highest BCUT2D eigenvalue weighted by Crippen LogP contribution is 2.24. The number of carbonyl (C=O) groups excluding carboxylic acids is 1. The lowest BCUT2D eigenvalue weighted by Gasteiger charge is -2.35. The Morgan fingerprint density at radius 3 is 2.35 bits per heavy atom. The summed E-state index contributed by atoms with van der Waals surface area (Å²) >= 11 is 0. The van der Waals surface area contributed by atoms with E-state index in [-0.39, 0.29) is 0 Å². The molecule has 0 bridgehead atoms. The maximum atomic E-state index is 12.6. The largest absolute Gasteiger partial charge is 0.437 e. The summed E-state index contributed by atoms with van der Waals surface area (Å²) in [6.45, 7) is 10.2. The minimum absolute atomic E-state index is 0.368. The predicted molar refractivity (Wildman–Crippen MR) is 114 cm³/mol. The van der Waals surface area contributed by atoms with Crippen molar-refractivity contribution in [1.82, 2.24) is 14.7 Å². The van der Waals surface area contributed by atoms with Gasteiger partial charge in [-0.15, -0.1) is 0 Å². The second-order valence-electron chi connectivity index (χ2n) is 8.85. The van der Waals surface area contributed by atoms with Gasteiger partial charge in [-0.3, -0.25) is 9.80 Å². The van der Waals surface area contributed by atoms with Crippen molar-refractivity contribution in [2.75, 3.05) is 32.7 Å². The number of alkyl halides is 3. The van der Waals surface area contributed by atoms with Crippen LogP contribution in [0.2, 0.25) is 0 Å². The van der Waals surface area contributed by atoms with Gasteiger partial charge in [0.2, 0.25) is 0 Å². The highest BCUT2D eigenvalue weighted by molar-refractivity contribution is 5.68. The zero-order valence-electron chi connectivity index (χ0n) is 18.7. The maximum absolute atomic E-state index is 12.6. The van der Waals surface area contributed by atoms with Gasteiger partial charge in [-0.25, -0.2) is 4.79 Å². The van der Waals surface area contributed by atoms with Gasteiger partial charge in [-0.05, 0) is 56.8 Å². The van der Waals surface area contributed by atoms with Crippen LogP contribution in [0.1, 0.15) is 49.8 Å². The van der Waals surface area contributed by atoms with E-state index in [2.05, 4.69) is 46.6 Å². The normalized spacial score (nSPS) is 22.4. The first-order valence-electron chi connectivity index (χ1n) is 11.2. The quantitative estimate of drug-likeness (QED) is 0.671. The Hall–Kier alpha value is -1.80. The molecule has 1 unspecified atom stereocenters. The van der Waals surface area contributed by atoms with E-state index in [4.69, 9.17) is 0 Å². The number of ether oxygens (including phenoxy) is 1. The number of carbonyl (C=O) groups is 1. The van der Waals surface area contributed by atoms with Crippen LogP contribution in [0.15, 0.2) is 18.2 Å². The van der Waals surface area contributed by atoms with Gasteiger partial charge < -0.3 is 9.64 Å². The number of amides is 1. The van der Waals surface area contributed by atoms with Crippen LogP contribution in [0.5, 0.6) is 0 Å². The summed E-state index contributed by atoms with van der Waals surface area (Å²) in [4.78, 5) is 18.2. The first-order chi connectivity index (χ1) is 14.6. The zero-order valence-corrected chi connectivity index (χ0v) is 18.7. The molecule has 31 heavy (non-hydrogen) atoms. The molecule has 1 amide bonds. The number of benzene rings is 1. The fraction of sp³-hybridized carbons (Fsp3) is 0.696. The van der Waals surface area contributed by atoms with Crippen molar-refractivity contribution in [2.24, 2.45) is 0 Å². The van der Waals surface area contributed by atoms with Gasteiger partial charge in [0.25, 0.3) is 0 Å². The molecule has 174 valence electrons. The van der Waals surface area contributed by atoms with Gasteiger partial charge in [0, 0.05) is 45.3 Å². The van der Waals surface area contributed by atoms with Crippen molar-refractivity contribution in [2.45, 2.75) is 71.4 Å². The smallest absolute Gasteiger partial charge is 0.425 e. The third-order valence-corrected chi connectivity index (χ3v) is 6.64. The molecule has 3 rings (SSSR count). The molecule has 0 aliphatic carbocycles. The van der Waals surface area contributed by atoms with Crippen LogP contribution in [0.25, 0.3) is 0 Å². The molecule has 0 aromatic heterocycles. The van der Waals surface area contributed by atoms with Crippen molar-refractivity contribution < 1.29 is 22.7 Å². The molecule has 5 nitrogen and oxygen atoms in total. The average Bonchev–Trinajstić information content (AvgIpc) is 2.72. The Balaban J connectivity index is 1.53. The SMILES string of the molecule is Cc1c(CN2CCN(C(=O)OC(C)C(F)(F)F)CC2)cccc1CN1CCCC[C@@H]1C. The standard InChI is InChI=1S/C23H34F3N3O2/c1-17-7-4-5-10-29(17)16-21-9-6-8-20(18(21)2)15-27-11-13-28(14-12-27)22(30)31-19(3)23(24,25)26/h6,8-9,17,19H,4-5,7,10-16H2,1-3H3/t17-,19?/m0/s1. The minimum Gasteiger partial charge on any atom is -0.437 e. The molecule has 0 radical (unpaired) electrons. The zero-order chi connectivity index (χ0) is 22.6. The van der Waals surface area contributed by atoms with Gasteiger partial charge in [-0.2, -0.15) is 13.2 Å². The minimum atomic E-state index is -4.54. The van der Waals surface area contributed by atoms with Gasteiger partial charge in [0.15, 0.2) is 6.10 Å². The predicted octanol–water partition coefficient (Wildman–Crippen LogP) is 4.57. The second kappa shape index (κ2) is 10.2. The fourth-order valence-corrected chi connectivity index (χ4v) is 4.31. The number of piperidine rings is 1. The Labute approximate surface area is 183 Å². The van der Waals surface area contributed by atoms with Gasteiger partial charge >= 0.3 is 12.3 Å². The van der Waals surface area contributed by atoms with Crippen LogP contribution in [0, 0.1) is 6.92 Å². The van der Waals surface area contributed by atoms with Crippen molar-refractivity contribution in [1.29, 1.82) is 0 Å². The maximum Gasteiger partial charge on any atom is 0.425 e. The molecule has 8 heteroatoms. The Kier molecular flexibility index (Phi) is 7.86. The van der Waals surface area contributed by atoms with Crippen molar-refractivity contribution in [3.63, 3.8) is 0 Å². The van der Waals surface area contributed by atoms with Crippen LogP contribution in [-0.2, 0) is 17.8 Å². The highest BCUT2D eigenvalue weighted by Gasteiger charge is 2.40. The molecule has 2 fully saturated rings. The summed E-state index contributed by atoms with van der Waals surface area (Å²) < 4.78 is 42.4. The first kappa shape index (κ1) is 23.9. The van der Waals surface area contributed by atoms with Crippen LogP contribution >= 0.6 is 0 Å². The second-order valence-corrected chi connectivity index (χ2v) is 8.85. The number of hydrogen-bond acceptors (Lipinski definition) is 4. The third-order valence-electron chi connectivity index (χ3n) is 6.64. The summed E-state index contributed by atoms with van der Waals surface area (Å²) in [5.74, 6) is 0.